The molecule has 4 atom stereocenters. The summed E-state index contributed by atoms with van der Waals surface area (Å²) in [6.45, 7) is 0.373. The predicted octanol–water partition coefficient (Wildman–Crippen LogP) is 3.01. The summed E-state index contributed by atoms with van der Waals surface area (Å²) in [5, 5.41) is 16.7. The lowest BCUT2D eigenvalue weighted by Crippen LogP contribution is -2.45. The van der Waals surface area contributed by atoms with E-state index in [2.05, 4.69) is 26.2 Å². The number of rotatable bonds is 5. The Balaban J connectivity index is 1.22. The van der Waals surface area contributed by atoms with Crippen molar-refractivity contribution in [3.8, 4) is 11.8 Å². The van der Waals surface area contributed by atoms with Gasteiger partial charge in [0.15, 0.2) is 0 Å². The fraction of sp³-hybridized carbons (Fsp3) is 0.333. The van der Waals surface area contributed by atoms with Crippen molar-refractivity contribution < 1.29 is 32.2 Å². The zero-order chi connectivity index (χ0) is 23.7. The van der Waals surface area contributed by atoms with Crippen LogP contribution in [0.4, 0.5) is 23.7 Å². The van der Waals surface area contributed by atoms with Gasteiger partial charge in [0.05, 0.1) is 24.8 Å². The first-order valence-electron chi connectivity index (χ1n) is 10.4. The maximum atomic E-state index is 12.9. The maximum Gasteiger partial charge on any atom is 0.416 e. The Hall–Kier alpha value is -3.71. The minimum atomic E-state index is -4.51. The van der Waals surface area contributed by atoms with Crippen molar-refractivity contribution in [1.82, 2.24) is 25.5 Å². The minimum Gasteiger partial charge on any atom is -0.423 e. The van der Waals surface area contributed by atoms with Gasteiger partial charge < -0.3 is 24.8 Å². The Morgan fingerprint density at radius 1 is 1.06 bits per heavy atom. The molecule has 34 heavy (non-hydrogen) atoms. The Kier molecular flexibility index (Phi) is 5.79. The van der Waals surface area contributed by atoms with Gasteiger partial charge in [-0.2, -0.15) is 17.9 Å². The van der Waals surface area contributed by atoms with Crippen molar-refractivity contribution in [2.75, 3.05) is 18.5 Å². The van der Waals surface area contributed by atoms with E-state index in [0.717, 1.165) is 12.1 Å². The Morgan fingerprint density at radius 3 is 2.65 bits per heavy atom. The van der Waals surface area contributed by atoms with Gasteiger partial charge in [0.25, 0.3) is 0 Å². The normalized spacial score (nSPS) is 24.0. The van der Waals surface area contributed by atoms with Gasteiger partial charge in [-0.1, -0.05) is 29.4 Å². The molecule has 2 N–H and O–H groups in total. The van der Waals surface area contributed by atoms with Crippen LogP contribution in [-0.2, 0) is 15.7 Å². The van der Waals surface area contributed by atoms with Crippen LogP contribution in [-0.4, -0.2) is 57.7 Å². The van der Waals surface area contributed by atoms with E-state index >= 15 is 0 Å². The predicted molar refractivity (Wildman–Crippen MR) is 110 cm³/mol. The number of nitrogens with zero attached hydrogens (tertiary/aromatic N) is 4. The van der Waals surface area contributed by atoms with Gasteiger partial charge in [-0.15, -0.1) is 0 Å². The van der Waals surface area contributed by atoms with Gasteiger partial charge in [0, 0.05) is 5.69 Å². The Labute approximate surface area is 191 Å². The van der Waals surface area contributed by atoms with Crippen molar-refractivity contribution in [3.63, 3.8) is 0 Å². The number of carbonyl (C=O) groups is 1. The number of hydrogen-bond acceptors (Lipinski definition) is 7. The van der Waals surface area contributed by atoms with Crippen LogP contribution < -0.4 is 15.4 Å². The second kappa shape index (κ2) is 8.91. The first kappa shape index (κ1) is 22.1. The molecule has 2 aliphatic rings. The van der Waals surface area contributed by atoms with Crippen molar-refractivity contribution in [3.05, 3.63) is 60.2 Å². The molecule has 13 heteroatoms. The highest BCUT2D eigenvalue weighted by Crippen LogP contribution is 2.36. The molecule has 5 rings (SSSR count). The van der Waals surface area contributed by atoms with E-state index in [-0.39, 0.29) is 24.9 Å². The van der Waals surface area contributed by atoms with Gasteiger partial charge in [0.2, 0.25) is 0 Å². The third kappa shape index (κ3) is 4.52. The number of hydrogen-bond donors (Lipinski definition) is 2. The molecule has 2 amide bonds. The van der Waals surface area contributed by atoms with Crippen molar-refractivity contribution in [2.24, 2.45) is 0 Å². The van der Waals surface area contributed by atoms with Crippen LogP contribution in [0.3, 0.4) is 0 Å². The van der Waals surface area contributed by atoms with Crippen molar-refractivity contribution in [1.29, 1.82) is 0 Å². The van der Waals surface area contributed by atoms with Gasteiger partial charge in [-0.05, 0) is 40.8 Å². The zero-order valence-electron chi connectivity index (χ0n) is 17.5. The number of ether oxygens (including phenoxy) is 3. The lowest BCUT2D eigenvalue weighted by molar-refractivity contribution is -0.137. The van der Waals surface area contributed by atoms with E-state index < -0.39 is 42.1 Å². The molecule has 0 spiro atoms. The molecule has 2 fully saturated rings. The first-order chi connectivity index (χ1) is 16.4. The average molecular weight is 476 g/mol. The Bertz CT molecular complexity index is 1160. The molecule has 2 aliphatic heterocycles. The lowest BCUT2D eigenvalue weighted by atomic mass is 10.1. The van der Waals surface area contributed by atoms with E-state index in [4.69, 9.17) is 14.2 Å². The number of nitrogens with one attached hydrogen (secondary N) is 2. The molecule has 178 valence electrons. The highest BCUT2D eigenvalue weighted by Gasteiger charge is 2.50. The van der Waals surface area contributed by atoms with Crippen LogP contribution in [0, 0.1) is 0 Å². The number of anilines is 1. The number of benzene rings is 2. The van der Waals surface area contributed by atoms with Crippen LogP contribution >= 0.6 is 0 Å². The molecule has 0 bridgehead atoms. The van der Waals surface area contributed by atoms with E-state index in [1.165, 1.54) is 16.8 Å². The minimum absolute atomic E-state index is 0.0180. The SMILES string of the molecule is O=C(Nc1cccc(C(F)(F)F)c1)N[C@H]1CO[C@H]2[C@@H]1OC[C@@H]2n1nnnc1Oc1ccccc1. The highest BCUT2D eigenvalue weighted by atomic mass is 19.4. The standard InChI is InChI=1S/C21H19F3N6O4/c22-21(23,24)12-5-4-6-13(9-12)25-19(31)26-15-10-32-18-16(11-33-17(15)18)30-20(27-28-29-30)34-14-7-2-1-3-8-14/h1-9,15-18H,10-11H2,(H2,25,26,31)/t15-,16-,17+,18+/m0/s1. The molecule has 1 aromatic heterocycles. The van der Waals surface area contributed by atoms with Gasteiger partial charge in [0.1, 0.15) is 24.0 Å². The zero-order valence-corrected chi connectivity index (χ0v) is 17.5. The summed E-state index contributed by atoms with van der Waals surface area (Å²) in [5.74, 6) is 0.562. The van der Waals surface area contributed by atoms with Crippen LogP contribution in [0.15, 0.2) is 54.6 Å². The number of carbonyl (C=O) groups excluding carboxylic acids is 1. The van der Waals surface area contributed by atoms with Crippen molar-refractivity contribution >= 4 is 11.7 Å². The summed E-state index contributed by atoms with van der Waals surface area (Å²) in [5.41, 5.74) is -0.837. The number of tetrazole rings is 1. The van der Waals surface area contributed by atoms with Gasteiger partial charge in [-0.25, -0.2) is 4.79 Å². The summed E-state index contributed by atoms with van der Waals surface area (Å²) in [6.07, 6.45) is -5.46. The molecule has 0 radical (unpaired) electrons. The molecule has 0 saturated carbocycles. The van der Waals surface area contributed by atoms with E-state index in [1.807, 2.05) is 18.2 Å². The third-order valence-corrected chi connectivity index (χ3v) is 5.52. The van der Waals surface area contributed by atoms with E-state index in [1.54, 1.807) is 12.1 Å². The fourth-order valence-corrected chi connectivity index (χ4v) is 3.98. The number of halogens is 3. The topological polar surface area (TPSA) is 112 Å². The van der Waals surface area contributed by atoms with Crippen LogP contribution in [0.2, 0.25) is 0 Å². The molecular weight excluding hydrogens is 457 g/mol. The van der Waals surface area contributed by atoms with Crippen LogP contribution in [0.1, 0.15) is 11.6 Å². The summed E-state index contributed by atoms with van der Waals surface area (Å²) < 4.78 is 57.6. The second-order valence-electron chi connectivity index (χ2n) is 7.77. The highest BCUT2D eigenvalue weighted by molar-refractivity contribution is 5.89. The molecule has 0 aliphatic carbocycles. The Morgan fingerprint density at radius 2 is 1.85 bits per heavy atom. The first-order valence-corrected chi connectivity index (χ1v) is 10.4. The third-order valence-electron chi connectivity index (χ3n) is 5.52. The van der Waals surface area contributed by atoms with Crippen LogP contribution in [0.5, 0.6) is 11.8 Å². The number of urea groups is 1. The molecule has 10 nitrogen and oxygen atoms in total. The lowest BCUT2D eigenvalue weighted by Gasteiger charge is -2.18. The summed E-state index contributed by atoms with van der Waals surface area (Å²) >= 11 is 0. The summed E-state index contributed by atoms with van der Waals surface area (Å²) in [6, 6.07) is 12.0. The number of fused-ring (bicyclic) bond motifs is 1. The molecule has 0 unspecified atom stereocenters. The van der Waals surface area contributed by atoms with Gasteiger partial charge >= 0.3 is 18.2 Å². The maximum absolute atomic E-state index is 12.9. The van der Waals surface area contributed by atoms with Gasteiger partial charge in [-0.3, -0.25) is 0 Å². The monoisotopic (exact) mass is 476 g/mol. The molecule has 2 aromatic carbocycles. The smallest absolute Gasteiger partial charge is 0.416 e. The molecule has 3 heterocycles. The summed E-state index contributed by atoms with van der Waals surface area (Å²) in [7, 11) is 0. The summed E-state index contributed by atoms with van der Waals surface area (Å²) in [4.78, 5) is 12.4. The van der Waals surface area contributed by atoms with E-state index in [0.29, 0.717) is 5.75 Å². The number of alkyl halides is 3. The molecular formula is C21H19F3N6O4. The number of aromatic nitrogens is 4. The van der Waals surface area contributed by atoms with Crippen LogP contribution in [0.25, 0.3) is 0 Å². The average Bonchev–Trinajstić information content (AvgIpc) is 3.52. The molecule has 3 aromatic rings. The van der Waals surface area contributed by atoms with Crippen molar-refractivity contribution in [2.45, 2.75) is 30.5 Å². The number of para-hydroxylation sites is 1. The fourth-order valence-electron chi connectivity index (χ4n) is 3.98. The second-order valence-corrected chi connectivity index (χ2v) is 7.77. The quantitative estimate of drug-likeness (QED) is 0.582. The number of amides is 2. The largest absolute Gasteiger partial charge is 0.423 e. The van der Waals surface area contributed by atoms with E-state index in [9.17, 15) is 18.0 Å². The molecule has 2 saturated heterocycles.